The number of carbonyl (C=O) groups excluding carboxylic acids is 1. The maximum atomic E-state index is 12.2. The molecular formula is C15H21F2NO3. The van der Waals surface area contributed by atoms with Gasteiger partial charge in [-0.3, -0.25) is 4.79 Å². The molecule has 0 radical (unpaired) electrons. The van der Waals surface area contributed by atoms with Crippen molar-refractivity contribution in [2.75, 3.05) is 13.7 Å². The molecule has 1 N–H and O–H groups in total. The van der Waals surface area contributed by atoms with Crippen LogP contribution in [0.2, 0.25) is 0 Å². The fourth-order valence-electron chi connectivity index (χ4n) is 1.86. The molecule has 0 fully saturated rings. The highest BCUT2D eigenvalue weighted by Crippen LogP contribution is 2.29. The molecule has 0 saturated carbocycles. The van der Waals surface area contributed by atoms with E-state index in [1.807, 2.05) is 0 Å². The third-order valence-electron chi connectivity index (χ3n) is 2.96. The average Bonchev–Trinajstić information content (AvgIpc) is 2.46. The molecule has 1 rings (SSSR count). The van der Waals surface area contributed by atoms with E-state index < -0.39 is 6.61 Å². The number of carbonyl (C=O) groups is 1. The minimum absolute atomic E-state index is 0.0907. The van der Waals surface area contributed by atoms with Gasteiger partial charge in [0.05, 0.1) is 7.11 Å². The zero-order valence-corrected chi connectivity index (χ0v) is 12.3. The molecule has 0 unspecified atom stereocenters. The van der Waals surface area contributed by atoms with E-state index >= 15 is 0 Å². The molecule has 0 aliphatic rings. The van der Waals surface area contributed by atoms with Crippen LogP contribution in [0.15, 0.2) is 18.2 Å². The molecule has 0 aliphatic heterocycles. The first-order valence-corrected chi connectivity index (χ1v) is 6.99. The van der Waals surface area contributed by atoms with E-state index in [-0.39, 0.29) is 17.4 Å². The van der Waals surface area contributed by atoms with Crippen LogP contribution >= 0.6 is 0 Å². The Bertz CT molecular complexity index is 453. The minimum Gasteiger partial charge on any atom is -0.493 e. The number of hydrogen-bond donors (Lipinski definition) is 1. The standard InChI is InChI=1S/C15H21F2NO3/c1-3-4-5-6-9-18-14(19)11-7-8-12(21-15(16)17)13(10-11)20-2/h7-8,10,15H,3-6,9H2,1-2H3,(H,18,19). The molecule has 0 bridgehead atoms. The van der Waals surface area contributed by atoms with Crippen LogP contribution in [-0.4, -0.2) is 26.2 Å². The average molecular weight is 301 g/mol. The van der Waals surface area contributed by atoms with E-state index in [1.54, 1.807) is 0 Å². The Kier molecular flexibility index (Phi) is 7.50. The maximum Gasteiger partial charge on any atom is 0.387 e. The van der Waals surface area contributed by atoms with Crippen molar-refractivity contribution in [2.45, 2.75) is 39.2 Å². The molecule has 118 valence electrons. The summed E-state index contributed by atoms with van der Waals surface area (Å²) < 4.78 is 33.7. The van der Waals surface area contributed by atoms with Gasteiger partial charge in [-0.25, -0.2) is 0 Å². The van der Waals surface area contributed by atoms with Crippen LogP contribution in [0.4, 0.5) is 8.78 Å². The Labute approximate surface area is 123 Å². The molecule has 1 amide bonds. The van der Waals surface area contributed by atoms with Crippen molar-refractivity contribution in [1.29, 1.82) is 0 Å². The zero-order valence-electron chi connectivity index (χ0n) is 12.3. The van der Waals surface area contributed by atoms with Crippen LogP contribution in [0.1, 0.15) is 43.0 Å². The first-order valence-electron chi connectivity index (χ1n) is 6.99. The van der Waals surface area contributed by atoms with Crippen molar-refractivity contribution >= 4 is 5.91 Å². The van der Waals surface area contributed by atoms with E-state index in [0.29, 0.717) is 12.1 Å². The van der Waals surface area contributed by atoms with Gasteiger partial charge in [0.25, 0.3) is 5.91 Å². The summed E-state index contributed by atoms with van der Waals surface area (Å²) in [5, 5.41) is 2.79. The monoisotopic (exact) mass is 301 g/mol. The number of unbranched alkanes of at least 4 members (excludes halogenated alkanes) is 3. The summed E-state index contributed by atoms with van der Waals surface area (Å²) in [7, 11) is 1.33. The molecule has 0 saturated heterocycles. The molecule has 0 spiro atoms. The number of alkyl halides is 2. The second kappa shape index (κ2) is 9.15. The Morgan fingerprint density at radius 2 is 2.00 bits per heavy atom. The smallest absolute Gasteiger partial charge is 0.387 e. The largest absolute Gasteiger partial charge is 0.493 e. The topological polar surface area (TPSA) is 47.6 Å². The van der Waals surface area contributed by atoms with Gasteiger partial charge < -0.3 is 14.8 Å². The zero-order chi connectivity index (χ0) is 15.7. The predicted octanol–water partition coefficient (Wildman–Crippen LogP) is 3.61. The van der Waals surface area contributed by atoms with Gasteiger partial charge in [0, 0.05) is 12.1 Å². The third kappa shape index (κ3) is 5.97. The normalized spacial score (nSPS) is 10.5. The van der Waals surface area contributed by atoms with Gasteiger partial charge in [0.2, 0.25) is 0 Å². The molecular weight excluding hydrogens is 280 g/mol. The molecule has 6 heteroatoms. The van der Waals surface area contributed by atoms with Crippen molar-refractivity contribution in [3.63, 3.8) is 0 Å². The summed E-state index contributed by atoms with van der Waals surface area (Å²) in [6, 6.07) is 4.12. The third-order valence-corrected chi connectivity index (χ3v) is 2.96. The number of ether oxygens (including phenoxy) is 2. The first-order chi connectivity index (χ1) is 10.1. The molecule has 0 atom stereocenters. The number of hydrogen-bond acceptors (Lipinski definition) is 3. The molecule has 21 heavy (non-hydrogen) atoms. The van der Waals surface area contributed by atoms with Crippen LogP contribution in [0.3, 0.4) is 0 Å². The number of rotatable bonds is 9. The van der Waals surface area contributed by atoms with Gasteiger partial charge in [0.15, 0.2) is 11.5 Å². The molecule has 4 nitrogen and oxygen atoms in total. The first kappa shape index (κ1) is 17.2. The van der Waals surface area contributed by atoms with Crippen molar-refractivity contribution in [3.8, 4) is 11.5 Å². The number of nitrogens with one attached hydrogen (secondary N) is 1. The SMILES string of the molecule is CCCCCCNC(=O)c1ccc(OC(F)F)c(OC)c1. The van der Waals surface area contributed by atoms with E-state index in [2.05, 4.69) is 17.0 Å². The van der Waals surface area contributed by atoms with Gasteiger partial charge in [-0.1, -0.05) is 26.2 Å². The summed E-state index contributed by atoms with van der Waals surface area (Å²) in [5.74, 6) is -0.241. The summed E-state index contributed by atoms with van der Waals surface area (Å²) in [4.78, 5) is 11.9. The molecule has 1 aromatic carbocycles. The van der Waals surface area contributed by atoms with Crippen molar-refractivity contribution in [2.24, 2.45) is 0 Å². The summed E-state index contributed by atoms with van der Waals surface area (Å²) >= 11 is 0. The van der Waals surface area contributed by atoms with Crippen molar-refractivity contribution in [3.05, 3.63) is 23.8 Å². The second-order valence-corrected chi connectivity index (χ2v) is 4.56. The fourth-order valence-corrected chi connectivity index (χ4v) is 1.86. The highest BCUT2D eigenvalue weighted by molar-refractivity contribution is 5.94. The number of methoxy groups -OCH3 is 1. The van der Waals surface area contributed by atoms with Crippen LogP contribution in [0, 0.1) is 0 Å². The Morgan fingerprint density at radius 3 is 2.62 bits per heavy atom. The van der Waals surface area contributed by atoms with E-state index in [4.69, 9.17) is 4.74 Å². The van der Waals surface area contributed by atoms with Crippen molar-refractivity contribution in [1.82, 2.24) is 5.32 Å². The lowest BCUT2D eigenvalue weighted by molar-refractivity contribution is -0.0512. The van der Waals surface area contributed by atoms with Gasteiger partial charge in [0.1, 0.15) is 0 Å². The van der Waals surface area contributed by atoms with E-state index in [9.17, 15) is 13.6 Å². The highest BCUT2D eigenvalue weighted by Gasteiger charge is 2.13. The number of halogens is 2. The molecule has 1 aromatic rings. The quantitative estimate of drug-likeness (QED) is 0.709. The lowest BCUT2D eigenvalue weighted by Gasteiger charge is -2.11. The molecule has 0 aliphatic carbocycles. The van der Waals surface area contributed by atoms with Crippen molar-refractivity contribution < 1.29 is 23.0 Å². The second-order valence-electron chi connectivity index (χ2n) is 4.56. The van der Waals surface area contributed by atoms with E-state index in [0.717, 1.165) is 25.7 Å². The fraction of sp³-hybridized carbons (Fsp3) is 0.533. The van der Waals surface area contributed by atoms with Gasteiger partial charge >= 0.3 is 6.61 Å². The van der Waals surface area contributed by atoms with Crippen LogP contribution < -0.4 is 14.8 Å². The van der Waals surface area contributed by atoms with Gasteiger partial charge in [-0.05, 0) is 24.6 Å². The van der Waals surface area contributed by atoms with Crippen LogP contribution in [0.25, 0.3) is 0 Å². The van der Waals surface area contributed by atoms with E-state index in [1.165, 1.54) is 25.3 Å². The maximum absolute atomic E-state index is 12.2. The minimum atomic E-state index is -2.93. The summed E-state index contributed by atoms with van der Waals surface area (Å²) in [6.07, 6.45) is 4.27. The summed E-state index contributed by atoms with van der Waals surface area (Å²) in [6.45, 7) is -0.221. The van der Waals surface area contributed by atoms with Gasteiger partial charge in [-0.15, -0.1) is 0 Å². The van der Waals surface area contributed by atoms with Crippen LogP contribution in [-0.2, 0) is 0 Å². The number of benzene rings is 1. The van der Waals surface area contributed by atoms with Gasteiger partial charge in [-0.2, -0.15) is 8.78 Å². The van der Waals surface area contributed by atoms with Crippen LogP contribution in [0.5, 0.6) is 11.5 Å². The Hall–Kier alpha value is -1.85. The predicted molar refractivity (Wildman–Crippen MR) is 76.1 cm³/mol. The lowest BCUT2D eigenvalue weighted by atomic mass is 10.1. The molecule has 0 heterocycles. The molecule has 0 aromatic heterocycles. The Balaban J connectivity index is 2.60. The highest BCUT2D eigenvalue weighted by atomic mass is 19.3. The lowest BCUT2D eigenvalue weighted by Crippen LogP contribution is -2.24. The summed E-state index contributed by atoms with van der Waals surface area (Å²) in [5.41, 5.74) is 0.351. The Morgan fingerprint density at radius 1 is 1.24 bits per heavy atom. The number of amides is 1.